The van der Waals surface area contributed by atoms with E-state index in [1.54, 1.807) is 0 Å². The lowest BCUT2D eigenvalue weighted by atomic mass is 10.0. The molecule has 1 atom stereocenters. The van der Waals surface area contributed by atoms with E-state index in [2.05, 4.69) is 17.2 Å². The highest BCUT2D eigenvalue weighted by atomic mass is 19.4. The summed E-state index contributed by atoms with van der Waals surface area (Å²) in [5.74, 6) is 4.77. The van der Waals surface area contributed by atoms with Crippen molar-refractivity contribution in [3.05, 3.63) is 35.4 Å². The predicted molar refractivity (Wildman–Crippen MR) is 75.8 cm³/mol. The molecule has 0 aliphatic rings. The molecule has 0 aliphatic carbocycles. The average molecular weight is 314 g/mol. The largest absolute Gasteiger partial charge is 0.416 e. The van der Waals surface area contributed by atoms with Gasteiger partial charge < -0.3 is 15.8 Å². The molecule has 22 heavy (non-hydrogen) atoms. The molecule has 1 aromatic rings. The van der Waals surface area contributed by atoms with Gasteiger partial charge >= 0.3 is 6.18 Å². The van der Waals surface area contributed by atoms with Crippen LogP contribution in [0.4, 0.5) is 13.2 Å². The maximum Gasteiger partial charge on any atom is 0.416 e. The molecule has 0 radical (unpaired) electrons. The molecule has 3 N–H and O–H groups in total. The number of carbonyl (C=O) groups excluding carboxylic acids is 1. The minimum atomic E-state index is -4.42. The monoisotopic (exact) mass is 314 g/mol. The molecule has 1 rings (SSSR count). The van der Waals surface area contributed by atoms with Gasteiger partial charge in [-0.1, -0.05) is 30.0 Å². The Morgan fingerprint density at radius 2 is 2.14 bits per heavy atom. The third kappa shape index (κ3) is 5.76. The van der Waals surface area contributed by atoms with Crippen LogP contribution in [0.5, 0.6) is 0 Å². The van der Waals surface area contributed by atoms with E-state index in [-0.39, 0.29) is 19.5 Å². The van der Waals surface area contributed by atoms with Crippen LogP contribution in [-0.2, 0) is 22.1 Å². The highest BCUT2D eigenvalue weighted by molar-refractivity contribution is 5.81. The van der Waals surface area contributed by atoms with Crippen molar-refractivity contribution in [3.63, 3.8) is 0 Å². The van der Waals surface area contributed by atoms with E-state index in [0.717, 1.165) is 12.1 Å². The Bertz CT molecular complexity index is 562. The van der Waals surface area contributed by atoms with E-state index in [1.165, 1.54) is 19.2 Å². The normalized spacial score (nSPS) is 12.2. The summed E-state index contributed by atoms with van der Waals surface area (Å²) < 4.78 is 43.0. The summed E-state index contributed by atoms with van der Waals surface area (Å²) in [4.78, 5) is 11.9. The number of rotatable bonds is 5. The number of alkyl halides is 3. The van der Waals surface area contributed by atoms with Crippen molar-refractivity contribution in [2.45, 2.75) is 18.7 Å². The molecule has 0 saturated heterocycles. The Morgan fingerprint density at radius 3 is 2.73 bits per heavy atom. The third-order valence-corrected chi connectivity index (χ3v) is 2.83. The van der Waals surface area contributed by atoms with E-state index in [4.69, 9.17) is 10.5 Å². The number of nitrogens with two attached hydrogens (primary N) is 1. The van der Waals surface area contributed by atoms with Gasteiger partial charge in [-0.15, -0.1) is 0 Å². The van der Waals surface area contributed by atoms with Gasteiger partial charge in [0.05, 0.1) is 18.7 Å². The van der Waals surface area contributed by atoms with Crippen LogP contribution >= 0.6 is 0 Å². The van der Waals surface area contributed by atoms with Crippen molar-refractivity contribution in [3.8, 4) is 11.8 Å². The second-order valence-corrected chi connectivity index (χ2v) is 4.40. The van der Waals surface area contributed by atoms with E-state index in [1.807, 2.05) is 0 Å². The van der Waals surface area contributed by atoms with E-state index >= 15 is 0 Å². The first-order chi connectivity index (χ1) is 10.4. The summed E-state index contributed by atoms with van der Waals surface area (Å²) >= 11 is 0. The van der Waals surface area contributed by atoms with Gasteiger partial charge in [0.1, 0.15) is 6.10 Å². The van der Waals surface area contributed by atoms with Crippen molar-refractivity contribution in [2.75, 3.05) is 20.2 Å². The number of nitrogens with one attached hydrogen (secondary N) is 1. The van der Waals surface area contributed by atoms with Crippen LogP contribution in [0.2, 0.25) is 0 Å². The van der Waals surface area contributed by atoms with Crippen molar-refractivity contribution in [2.24, 2.45) is 5.73 Å². The fourth-order valence-electron chi connectivity index (χ4n) is 1.75. The highest BCUT2D eigenvalue weighted by Gasteiger charge is 2.30. The Morgan fingerprint density at radius 1 is 1.41 bits per heavy atom. The zero-order valence-corrected chi connectivity index (χ0v) is 12.0. The van der Waals surface area contributed by atoms with Crippen LogP contribution in [0, 0.1) is 11.8 Å². The third-order valence-electron chi connectivity index (χ3n) is 2.83. The lowest BCUT2D eigenvalue weighted by Gasteiger charge is -2.15. The number of amides is 1. The molecule has 0 unspecified atom stereocenters. The van der Waals surface area contributed by atoms with Crippen molar-refractivity contribution in [1.29, 1.82) is 0 Å². The topological polar surface area (TPSA) is 64.3 Å². The number of methoxy groups -OCH3 is 1. The minimum Gasteiger partial charge on any atom is -0.371 e. The van der Waals surface area contributed by atoms with Gasteiger partial charge in [-0.25, -0.2) is 0 Å². The smallest absolute Gasteiger partial charge is 0.371 e. The van der Waals surface area contributed by atoms with Gasteiger partial charge in [-0.05, 0) is 11.6 Å². The molecule has 4 nitrogen and oxygen atoms in total. The van der Waals surface area contributed by atoms with Gasteiger partial charge in [0.15, 0.2) is 0 Å². The summed E-state index contributed by atoms with van der Waals surface area (Å²) in [5, 5.41) is 2.52. The van der Waals surface area contributed by atoms with Crippen LogP contribution in [-0.4, -0.2) is 32.2 Å². The number of hydrogen-bond acceptors (Lipinski definition) is 3. The molecule has 7 heteroatoms. The molecular weight excluding hydrogens is 297 g/mol. The van der Waals surface area contributed by atoms with Crippen molar-refractivity contribution < 1.29 is 22.7 Å². The molecule has 0 aliphatic heterocycles. The molecule has 0 saturated carbocycles. The quantitative estimate of drug-likeness (QED) is 0.806. The number of benzene rings is 1. The van der Waals surface area contributed by atoms with Gasteiger partial charge in [-0.2, -0.15) is 13.2 Å². The first-order valence-corrected chi connectivity index (χ1v) is 6.51. The molecule has 1 amide bonds. The van der Waals surface area contributed by atoms with Crippen molar-refractivity contribution in [1.82, 2.24) is 5.32 Å². The maximum absolute atomic E-state index is 12.6. The summed E-state index contributed by atoms with van der Waals surface area (Å²) in [6, 6.07) is 4.81. The van der Waals surface area contributed by atoms with E-state index < -0.39 is 23.8 Å². The van der Waals surface area contributed by atoms with E-state index in [0.29, 0.717) is 5.56 Å². The molecule has 0 fully saturated rings. The molecule has 0 spiro atoms. The molecule has 0 heterocycles. The van der Waals surface area contributed by atoms with Gasteiger partial charge in [-0.3, -0.25) is 4.79 Å². The zero-order chi connectivity index (χ0) is 16.6. The number of carbonyl (C=O) groups is 1. The number of ether oxygens (including phenoxy) is 1. The van der Waals surface area contributed by atoms with Crippen LogP contribution in [0.3, 0.4) is 0 Å². The molecule has 0 bridgehead atoms. The molecule has 1 aromatic carbocycles. The lowest BCUT2D eigenvalue weighted by molar-refractivity contribution is -0.137. The van der Waals surface area contributed by atoms with E-state index in [9.17, 15) is 18.0 Å². The predicted octanol–water partition coefficient (Wildman–Crippen LogP) is 1.34. The Hall–Kier alpha value is -2.04. The second-order valence-electron chi connectivity index (χ2n) is 4.40. The van der Waals surface area contributed by atoms with Gasteiger partial charge in [0, 0.05) is 13.5 Å². The average Bonchev–Trinajstić information content (AvgIpc) is 2.48. The van der Waals surface area contributed by atoms with Crippen LogP contribution in [0.1, 0.15) is 11.1 Å². The fourth-order valence-corrected chi connectivity index (χ4v) is 1.75. The minimum absolute atomic E-state index is 0.0383. The molecule has 120 valence electrons. The summed E-state index contributed by atoms with van der Waals surface area (Å²) in [5.41, 5.74) is 4.79. The van der Waals surface area contributed by atoms with Gasteiger partial charge in [0.2, 0.25) is 5.91 Å². The van der Waals surface area contributed by atoms with Crippen LogP contribution in [0.15, 0.2) is 24.3 Å². The lowest BCUT2D eigenvalue weighted by Crippen LogP contribution is -2.37. The Labute approximate surface area is 126 Å². The highest BCUT2D eigenvalue weighted by Crippen LogP contribution is 2.29. The molecular formula is C15H17F3N2O2. The fraction of sp³-hybridized carbons (Fsp3) is 0.400. The summed E-state index contributed by atoms with van der Waals surface area (Å²) in [6.45, 7) is 0.298. The number of hydrogen-bond donors (Lipinski definition) is 2. The Balaban J connectivity index is 2.71. The van der Waals surface area contributed by atoms with Crippen LogP contribution in [0.25, 0.3) is 0 Å². The summed E-state index contributed by atoms with van der Waals surface area (Å²) in [7, 11) is 1.32. The van der Waals surface area contributed by atoms with Crippen molar-refractivity contribution >= 4 is 5.91 Å². The maximum atomic E-state index is 12.6. The Kier molecular flexibility index (Phi) is 6.89. The van der Waals surface area contributed by atoms with Crippen LogP contribution < -0.4 is 11.1 Å². The standard InChI is InChI=1S/C15H17F3N2O2/c1-22-13(14(21)20-8-3-2-7-19)10-11-5-4-6-12(9-11)15(16,17)18/h4-6,9,13H,7-8,10,19H2,1H3,(H,20,21)/t13-/m0/s1. The first-order valence-electron chi connectivity index (χ1n) is 6.51. The summed E-state index contributed by atoms with van der Waals surface area (Å²) in [6.07, 6.45) is -5.27. The zero-order valence-electron chi connectivity index (χ0n) is 12.0. The second kappa shape index (κ2) is 8.41. The first kappa shape index (κ1) is 18.0. The number of halogens is 3. The SMILES string of the molecule is CO[C@@H](Cc1cccc(C(F)(F)F)c1)C(=O)NCC#CCN. The molecule has 0 aromatic heterocycles. The van der Waals surface area contributed by atoms with Gasteiger partial charge in [0.25, 0.3) is 0 Å².